The zero-order valence-electron chi connectivity index (χ0n) is 8.49. The molecule has 2 aromatic rings. The lowest BCUT2D eigenvalue weighted by Gasteiger charge is -2.27. The summed E-state index contributed by atoms with van der Waals surface area (Å²) < 4.78 is 1.37. The Hall–Kier alpha value is -1.06. The van der Waals surface area contributed by atoms with Crippen LogP contribution in [-0.4, -0.2) is 19.6 Å². The first-order valence-electron chi connectivity index (χ1n) is 5.34. The molecule has 0 atom stereocenters. The van der Waals surface area contributed by atoms with E-state index in [0.29, 0.717) is 0 Å². The molecule has 0 saturated carbocycles. The van der Waals surface area contributed by atoms with Gasteiger partial charge in [0.2, 0.25) is 0 Å². The monoisotopic (exact) mass is 218 g/mol. The van der Waals surface area contributed by atoms with Crippen molar-refractivity contribution in [1.29, 1.82) is 0 Å². The highest BCUT2D eigenvalue weighted by Crippen LogP contribution is 2.29. The van der Waals surface area contributed by atoms with Gasteiger partial charge in [-0.1, -0.05) is 18.2 Å². The van der Waals surface area contributed by atoms with Crippen LogP contribution >= 0.6 is 11.3 Å². The lowest BCUT2D eigenvalue weighted by Crippen LogP contribution is -2.45. The lowest BCUT2D eigenvalue weighted by molar-refractivity contribution is 0.365. The van der Waals surface area contributed by atoms with Gasteiger partial charge < -0.3 is 10.6 Å². The third kappa shape index (κ3) is 1.73. The van der Waals surface area contributed by atoms with E-state index in [-0.39, 0.29) is 0 Å². The van der Waals surface area contributed by atoms with Gasteiger partial charge in [0.1, 0.15) is 0 Å². The molecule has 1 aliphatic heterocycles. The molecule has 2 N–H and O–H groups in total. The van der Waals surface area contributed by atoms with Gasteiger partial charge in [0.15, 0.2) is 0 Å². The molecule has 0 amide bonds. The van der Waals surface area contributed by atoms with E-state index in [1.54, 1.807) is 0 Å². The molecule has 1 aliphatic rings. The van der Waals surface area contributed by atoms with Crippen LogP contribution in [0.5, 0.6) is 0 Å². The first-order chi connectivity index (χ1) is 7.43. The number of nitrogens with one attached hydrogen (secondary N) is 2. The Morgan fingerprint density at radius 3 is 3.00 bits per heavy atom. The first-order valence-corrected chi connectivity index (χ1v) is 6.22. The van der Waals surface area contributed by atoms with Crippen LogP contribution in [0.2, 0.25) is 0 Å². The van der Waals surface area contributed by atoms with Gasteiger partial charge in [-0.25, -0.2) is 0 Å². The summed E-state index contributed by atoms with van der Waals surface area (Å²) in [7, 11) is 0. The molecule has 15 heavy (non-hydrogen) atoms. The number of thiophene rings is 1. The van der Waals surface area contributed by atoms with Crippen LogP contribution < -0.4 is 10.6 Å². The Bertz CT molecular complexity index is 459. The van der Waals surface area contributed by atoms with Crippen LogP contribution in [0.25, 0.3) is 10.1 Å². The Balaban J connectivity index is 1.78. The zero-order valence-corrected chi connectivity index (χ0v) is 9.31. The van der Waals surface area contributed by atoms with Crippen LogP contribution in [0, 0.1) is 5.92 Å². The molecule has 3 heteroatoms. The fourth-order valence-electron chi connectivity index (χ4n) is 1.86. The molecule has 2 nitrogen and oxygen atoms in total. The molecule has 0 radical (unpaired) electrons. The maximum Gasteiger partial charge on any atom is 0.0529 e. The van der Waals surface area contributed by atoms with Gasteiger partial charge in [-0.05, 0) is 6.07 Å². The lowest BCUT2D eigenvalue weighted by atomic mass is 10.0. The Morgan fingerprint density at radius 1 is 1.33 bits per heavy atom. The predicted molar refractivity (Wildman–Crippen MR) is 66.7 cm³/mol. The van der Waals surface area contributed by atoms with Crippen LogP contribution in [0.4, 0.5) is 5.69 Å². The van der Waals surface area contributed by atoms with Crippen molar-refractivity contribution in [1.82, 2.24) is 5.32 Å². The molecule has 1 fully saturated rings. The molecule has 1 aromatic carbocycles. The van der Waals surface area contributed by atoms with Crippen molar-refractivity contribution in [3.63, 3.8) is 0 Å². The van der Waals surface area contributed by atoms with Crippen LogP contribution in [-0.2, 0) is 0 Å². The zero-order chi connectivity index (χ0) is 10.1. The minimum absolute atomic E-state index is 0.809. The summed E-state index contributed by atoms with van der Waals surface area (Å²) in [5.74, 6) is 0.809. The fraction of sp³-hybridized carbons (Fsp3) is 0.333. The van der Waals surface area contributed by atoms with E-state index >= 15 is 0 Å². The third-order valence-corrected chi connectivity index (χ3v) is 3.89. The summed E-state index contributed by atoms with van der Waals surface area (Å²) in [6.45, 7) is 3.41. The second-order valence-electron chi connectivity index (χ2n) is 4.05. The highest BCUT2D eigenvalue weighted by atomic mass is 32.1. The summed E-state index contributed by atoms with van der Waals surface area (Å²) in [5.41, 5.74) is 1.29. The summed E-state index contributed by atoms with van der Waals surface area (Å²) in [4.78, 5) is 0. The van der Waals surface area contributed by atoms with Gasteiger partial charge in [0.25, 0.3) is 0 Å². The predicted octanol–water partition coefficient (Wildman–Crippen LogP) is 2.53. The molecule has 3 rings (SSSR count). The molecular weight excluding hydrogens is 204 g/mol. The maximum absolute atomic E-state index is 3.54. The Morgan fingerprint density at radius 2 is 2.20 bits per heavy atom. The van der Waals surface area contributed by atoms with E-state index in [1.165, 1.54) is 15.8 Å². The summed E-state index contributed by atoms with van der Waals surface area (Å²) in [6, 6.07) is 8.56. The molecule has 1 aromatic heterocycles. The van der Waals surface area contributed by atoms with Crippen molar-refractivity contribution in [2.75, 3.05) is 25.0 Å². The molecule has 78 valence electrons. The van der Waals surface area contributed by atoms with Gasteiger partial charge in [-0.3, -0.25) is 0 Å². The number of hydrogen-bond acceptors (Lipinski definition) is 3. The number of rotatable bonds is 3. The summed E-state index contributed by atoms with van der Waals surface area (Å²) >= 11 is 1.81. The smallest absolute Gasteiger partial charge is 0.0529 e. The van der Waals surface area contributed by atoms with E-state index in [4.69, 9.17) is 0 Å². The van der Waals surface area contributed by atoms with Gasteiger partial charge in [0, 0.05) is 41.0 Å². The molecule has 0 aliphatic carbocycles. The van der Waals surface area contributed by atoms with Gasteiger partial charge >= 0.3 is 0 Å². The number of benzene rings is 1. The van der Waals surface area contributed by atoms with Crippen molar-refractivity contribution in [2.45, 2.75) is 0 Å². The summed E-state index contributed by atoms with van der Waals surface area (Å²) in [6.07, 6.45) is 0. The van der Waals surface area contributed by atoms with E-state index < -0.39 is 0 Å². The van der Waals surface area contributed by atoms with Crippen molar-refractivity contribution in [3.8, 4) is 0 Å². The second kappa shape index (κ2) is 3.83. The fourth-order valence-corrected chi connectivity index (χ4v) is 2.78. The molecule has 0 bridgehead atoms. The van der Waals surface area contributed by atoms with E-state index in [9.17, 15) is 0 Å². The Labute approximate surface area is 93.3 Å². The quantitative estimate of drug-likeness (QED) is 0.827. The van der Waals surface area contributed by atoms with E-state index in [0.717, 1.165) is 25.6 Å². The number of anilines is 1. The Kier molecular flexibility index (Phi) is 2.35. The minimum Gasteiger partial charge on any atom is -0.383 e. The number of hydrogen-bond donors (Lipinski definition) is 2. The van der Waals surface area contributed by atoms with Crippen molar-refractivity contribution >= 4 is 27.1 Å². The molecule has 2 heterocycles. The third-order valence-electron chi connectivity index (χ3n) is 2.93. The summed E-state index contributed by atoms with van der Waals surface area (Å²) in [5, 5.41) is 10.4. The van der Waals surface area contributed by atoms with E-state index in [2.05, 4.69) is 40.3 Å². The van der Waals surface area contributed by atoms with Gasteiger partial charge in [0.05, 0.1) is 5.69 Å². The van der Waals surface area contributed by atoms with Crippen molar-refractivity contribution in [2.24, 2.45) is 5.92 Å². The first kappa shape index (κ1) is 9.19. The van der Waals surface area contributed by atoms with Crippen molar-refractivity contribution < 1.29 is 0 Å². The topological polar surface area (TPSA) is 24.1 Å². The highest BCUT2D eigenvalue weighted by Gasteiger charge is 2.16. The van der Waals surface area contributed by atoms with Crippen LogP contribution in [0.3, 0.4) is 0 Å². The van der Waals surface area contributed by atoms with Crippen molar-refractivity contribution in [3.05, 3.63) is 29.6 Å². The minimum atomic E-state index is 0.809. The van der Waals surface area contributed by atoms with Gasteiger partial charge in [-0.2, -0.15) is 0 Å². The normalized spacial score (nSPS) is 16.5. The molecule has 0 unspecified atom stereocenters. The van der Waals surface area contributed by atoms with Crippen LogP contribution in [0.1, 0.15) is 0 Å². The van der Waals surface area contributed by atoms with Gasteiger partial charge in [-0.15, -0.1) is 11.3 Å². The molecular formula is C12H14N2S. The average Bonchev–Trinajstić information content (AvgIpc) is 2.60. The second-order valence-corrected chi connectivity index (χ2v) is 4.96. The van der Waals surface area contributed by atoms with Crippen LogP contribution in [0.15, 0.2) is 29.6 Å². The maximum atomic E-state index is 3.54. The number of fused-ring (bicyclic) bond motifs is 1. The molecule has 0 spiro atoms. The highest BCUT2D eigenvalue weighted by molar-refractivity contribution is 7.17. The molecule has 1 saturated heterocycles. The average molecular weight is 218 g/mol. The standard InChI is InChI=1S/C12H14N2S/c1-2-4-12-10(3-1)11(8-15-12)14-7-9-5-13-6-9/h1-4,8-9,13-14H,5-7H2. The van der Waals surface area contributed by atoms with E-state index in [1.807, 2.05) is 11.3 Å². The largest absolute Gasteiger partial charge is 0.383 e. The SMILES string of the molecule is c1ccc2c(NCC3CNC3)csc2c1.